The van der Waals surface area contributed by atoms with Crippen molar-refractivity contribution in [3.8, 4) is 0 Å². The van der Waals surface area contributed by atoms with Gasteiger partial charge < -0.3 is 28.7 Å². The maximum Gasteiger partial charge on any atom is 0.511 e. The minimum absolute atomic E-state index is 0.203. The summed E-state index contributed by atoms with van der Waals surface area (Å²) >= 11 is 0. The third-order valence-corrected chi connectivity index (χ3v) is 8.21. The molecule has 0 aliphatic carbocycles. The summed E-state index contributed by atoms with van der Waals surface area (Å²) in [6.07, 6.45) is 11.4. The predicted molar refractivity (Wildman–Crippen MR) is 190 cm³/mol. The van der Waals surface area contributed by atoms with Gasteiger partial charge in [0.25, 0.3) is 6.29 Å². The summed E-state index contributed by atoms with van der Waals surface area (Å²) in [4.78, 5) is 44.1. The minimum atomic E-state index is -0.953. The number of aromatic nitrogens is 4. The molecule has 1 unspecified atom stereocenters. The lowest BCUT2D eigenvalue weighted by Crippen LogP contribution is -2.31. The number of nitrogens with zero attached hydrogens (tertiary/aromatic N) is 6. The Morgan fingerprint density at radius 1 is 0.776 bits per heavy atom. The van der Waals surface area contributed by atoms with Crippen LogP contribution in [0.1, 0.15) is 95.4 Å². The van der Waals surface area contributed by atoms with Gasteiger partial charge in [-0.2, -0.15) is 0 Å². The Balaban J connectivity index is 1.61. The zero-order valence-corrected chi connectivity index (χ0v) is 30.4. The van der Waals surface area contributed by atoms with Gasteiger partial charge >= 0.3 is 12.1 Å². The maximum atomic E-state index is 12.8. The van der Waals surface area contributed by atoms with Gasteiger partial charge in [0, 0.05) is 57.9 Å². The largest absolute Gasteiger partial charge is 0.511 e. The standard InChI is InChI=1S/C37H59N7O5/c1-6-20-42(21-7-2)22-10-11-23-43(24-16-35(45)48-36(9-4)49-37(46)47-26-8-3)27-31-12-14-32(15-13-31)28-44(29-33-38-17-18-39-33)30-34-40-19-25-41(34)5/h12-15,17-19,25,36H,6-11,16,20-24,26-30H2,1-5H3,(H,38,39). The number of hydrogen-bond acceptors (Lipinski definition) is 10. The maximum absolute atomic E-state index is 12.8. The number of aryl methyl sites for hydroxylation is 1. The number of esters is 1. The number of H-pyrrole nitrogens is 1. The number of aromatic amines is 1. The van der Waals surface area contributed by atoms with Crippen molar-refractivity contribution in [2.45, 2.75) is 105 Å². The Labute approximate surface area is 293 Å². The van der Waals surface area contributed by atoms with Crippen LogP contribution in [-0.2, 0) is 52.2 Å². The molecule has 12 nitrogen and oxygen atoms in total. The molecule has 2 heterocycles. The molecule has 3 rings (SSSR count). The number of carbonyl (C=O) groups is 2. The van der Waals surface area contributed by atoms with Gasteiger partial charge in [0.2, 0.25) is 0 Å². The Hall–Kier alpha value is -3.74. The molecule has 1 aromatic carbocycles. The fourth-order valence-electron chi connectivity index (χ4n) is 5.66. The highest BCUT2D eigenvalue weighted by Crippen LogP contribution is 2.15. The van der Waals surface area contributed by atoms with E-state index in [1.54, 1.807) is 13.1 Å². The van der Waals surface area contributed by atoms with E-state index in [-0.39, 0.29) is 13.0 Å². The number of benzene rings is 1. The molecule has 0 saturated heterocycles. The molecule has 1 N–H and O–H groups in total. The van der Waals surface area contributed by atoms with Gasteiger partial charge in [-0.15, -0.1) is 0 Å². The molecule has 0 aliphatic rings. The summed E-state index contributed by atoms with van der Waals surface area (Å²) in [6, 6.07) is 8.73. The van der Waals surface area contributed by atoms with Crippen LogP contribution in [0.5, 0.6) is 0 Å². The van der Waals surface area contributed by atoms with Gasteiger partial charge in [0.15, 0.2) is 0 Å². The number of ether oxygens (including phenoxy) is 3. The van der Waals surface area contributed by atoms with E-state index in [0.717, 1.165) is 76.6 Å². The van der Waals surface area contributed by atoms with Crippen molar-refractivity contribution in [3.05, 3.63) is 71.8 Å². The van der Waals surface area contributed by atoms with Gasteiger partial charge in [-0.05, 0) is 69.4 Å². The average Bonchev–Trinajstić information content (AvgIpc) is 3.76. The van der Waals surface area contributed by atoms with Crippen molar-refractivity contribution in [1.82, 2.24) is 34.2 Å². The van der Waals surface area contributed by atoms with Crippen molar-refractivity contribution >= 4 is 12.1 Å². The molecule has 3 aromatic rings. The normalized spacial score (nSPS) is 12.2. The van der Waals surface area contributed by atoms with Crippen LogP contribution in [0.4, 0.5) is 4.79 Å². The van der Waals surface area contributed by atoms with Crippen LogP contribution < -0.4 is 0 Å². The summed E-state index contributed by atoms with van der Waals surface area (Å²) in [7, 11) is 2.01. The van der Waals surface area contributed by atoms with Gasteiger partial charge in [0.05, 0.1) is 26.1 Å². The first-order valence-corrected chi connectivity index (χ1v) is 18.1. The third-order valence-electron chi connectivity index (χ3n) is 8.21. The molecular weight excluding hydrogens is 622 g/mol. The molecule has 0 amide bonds. The van der Waals surface area contributed by atoms with Crippen LogP contribution in [0, 0.1) is 0 Å². The third kappa shape index (κ3) is 15.6. The molecule has 0 aliphatic heterocycles. The molecule has 49 heavy (non-hydrogen) atoms. The summed E-state index contributed by atoms with van der Waals surface area (Å²) in [5.41, 5.74) is 2.39. The molecule has 272 valence electrons. The van der Waals surface area contributed by atoms with Crippen LogP contribution in [0.25, 0.3) is 0 Å². The SMILES string of the molecule is CCCOC(=O)OC(CC)OC(=O)CCN(CCCCN(CCC)CCC)Cc1ccc(CN(Cc2ncc[nH]2)Cc2nccn2C)cc1. The van der Waals surface area contributed by atoms with E-state index < -0.39 is 18.4 Å². The van der Waals surface area contributed by atoms with E-state index >= 15 is 0 Å². The summed E-state index contributed by atoms with van der Waals surface area (Å²) < 4.78 is 17.7. The number of unbranched alkanes of at least 4 members (excludes halogenated alkanes) is 1. The summed E-state index contributed by atoms with van der Waals surface area (Å²) in [6.45, 7) is 16.1. The predicted octanol–water partition coefficient (Wildman–Crippen LogP) is 6.28. The van der Waals surface area contributed by atoms with Crippen LogP contribution in [-0.4, -0.2) is 92.0 Å². The molecular formula is C37H59N7O5. The van der Waals surface area contributed by atoms with E-state index in [9.17, 15) is 9.59 Å². The smallest absolute Gasteiger partial charge is 0.434 e. The van der Waals surface area contributed by atoms with Crippen molar-refractivity contribution in [2.24, 2.45) is 7.05 Å². The van der Waals surface area contributed by atoms with Gasteiger partial charge in [-0.3, -0.25) is 14.6 Å². The van der Waals surface area contributed by atoms with Gasteiger partial charge in [-0.25, -0.2) is 14.8 Å². The van der Waals surface area contributed by atoms with E-state index in [1.807, 2.05) is 37.1 Å². The van der Waals surface area contributed by atoms with Gasteiger partial charge in [-0.1, -0.05) is 52.0 Å². The number of nitrogens with one attached hydrogen (secondary N) is 1. The molecule has 1 atom stereocenters. The number of imidazole rings is 2. The average molecular weight is 682 g/mol. The Morgan fingerprint density at radius 2 is 1.45 bits per heavy atom. The van der Waals surface area contributed by atoms with Gasteiger partial charge in [0.1, 0.15) is 11.6 Å². The van der Waals surface area contributed by atoms with Crippen molar-refractivity contribution in [1.29, 1.82) is 0 Å². The molecule has 0 bridgehead atoms. The zero-order valence-electron chi connectivity index (χ0n) is 30.4. The molecule has 12 heteroatoms. The number of hydrogen-bond donors (Lipinski definition) is 1. The van der Waals surface area contributed by atoms with Crippen LogP contribution in [0.2, 0.25) is 0 Å². The topological polar surface area (TPSA) is 118 Å². The monoisotopic (exact) mass is 681 g/mol. The molecule has 0 radical (unpaired) electrons. The Kier molecular flexibility index (Phi) is 18.5. The quantitative estimate of drug-likeness (QED) is 0.0622. The number of carbonyl (C=O) groups excluding carboxylic acids is 2. The molecule has 2 aromatic heterocycles. The second-order valence-electron chi connectivity index (χ2n) is 12.6. The van der Waals surface area contributed by atoms with E-state index in [2.05, 4.69) is 67.8 Å². The van der Waals surface area contributed by atoms with Crippen LogP contribution in [0.15, 0.2) is 49.1 Å². The second-order valence-corrected chi connectivity index (χ2v) is 12.6. The highest BCUT2D eigenvalue weighted by molar-refractivity contribution is 5.70. The number of rotatable bonds is 25. The lowest BCUT2D eigenvalue weighted by Gasteiger charge is -2.25. The van der Waals surface area contributed by atoms with Crippen molar-refractivity contribution in [3.63, 3.8) is 0 Å². The zero-order chi connectivity index (χ0) is 35.3. The summed E-state index contributed by atoms with van der Waals surface area (Å²) in [5.74, 6) is 1.52. The van der Waals surface area contributed by atoms with Crippen molar-refractivity contribution in [2.75, 3.05) is 39.3 Å². The van der Waals surface area contributed by atoms with Crippen LogP contribution in [0.3, 0.4) is 0 Å². The van der Waals surface area contributed by atoms with E-state index in [1.165, 1.54) is 11.1 Å². The summed E-state index contributed by atoms with van der Waals surface area (Å²) in [5, 5.41) is 0. The molecule has 0 spiro atoms. The first kappa shape index (κ1) is 39.7. The minimum Gasteiger partial charge on any atom is -0.434 e. The van der Waals surface area contributed by atoms with E-state index in [0.29, 0.717) is 32.5 Å². The first-order valence-electron chi connectivity index (χ1n) is 18.1. The fourth-order valence-corrected chi connectivity index (χ4v) is 5.66. The van der Waals surface area contributed by atoms with Crippen LogP contribution >= 0.6 is 0 Å². The highest BCUT2D eigenvalue weighted by Gasteiger charge is 2.19. The first-order chi connectivity index (χ1) is 23.8. The second kappa shape index (κ2) is 22.8. The molecule has 0 fully saturated rings. The Bertz CT molecular complexity index is 1310. The van der Waals surface area contributed by atoms with E-state index in [4.69, 9.17) is 14.2 Å². The lowest BCUT2D eigenvalue weighted by molar-refractivity contribution is -0.172. The Morgan fingerprint density at radius 3 is 2.02 bits per heavy atom. The molecule has 0 saturated carbocycles. The highest BCUT2D eigenvalue weighted by atomic mass is 16.8. The fraction of sp³-hybridized carbons (Fsp3) is 0.622. The van der Waals surface area contributed by atoms with Crippen molar-refractivity contribution < 1.29 is 23.8 Å². The lowest BCUT2D eigenvalue weighted by atomic mass is 10.1.